The lowest BCUT2D eigenvalue weighted by atomic mass is 10.1. The van der Waals surface area contributed by atoms with Crippen LogP contribution in [-0.2, 0) is 11.2 Å². The molecule has 7 heteroatoms. The van der Waals surface area contributed by atoms with Crippen LogP contribution in [0.2, 0.25) is 5.02 Å². The number of hydrogen-bond donors (Lipinski definition) is 0. The van der Waals surface area contributed by atoms with Crippen molar-refractivity contribution in [1.29, 1.82) is 0 Å². The maximum atomic E-state index is 13.2. The number of methoxy groups -OCH3 is 1. The van der Waals surface area contributed by atoms with Crippen LogP contribution in [0.3, 0.4) is 0 Å². The minimum atomic E-state index is -0.0769. The molecule has 1 fully saturated rings. The Morgan fingerprint density at radius 3 is 2.78 bits per heavy atom. The van der Waals surface area contributed by atoms with Crippen LogP contribution in [0.15, 0.2) is 60.9 Å². The third kappa shape index (κ3) is 5.44. The Morgan fingerprint density at radius 1 is 1.16 bits per heavy atom. The van der Waals surface area contributed by atoms with Gasteiger partial charge in [-0.05, 0) is 54.8 Å². The monoisotopic (exact) mass is 451 g/mol. The van der Waals surface area contributed by atoms with Gasteiger partial charge in [-0.3, -0.25) is 14.8 Å². The first-order chi connectivity index (χ1) is 15.6. The van der Waals surface area contributed by atoms with E-state index in [1.165, 1.54) is 0 Å². The minimum absolute atomic E-state index is 0.00187. The molecule has 0 aliphatic carbocycles. The minimum Gasteiger partial charge on any atom is -0.491 e. The summed E-state index contributed by atoms with van der Waals surface area (Å²) in [6.07, 6.45) is 6.00. The van der Waals surface area contributed by atoms with Crippen molar-refractivity contribution in [2.45, 2.75) is 25.3 Å². The van der Waals surface area contributed by atoms with E-state index >= 15 is 0 Å². The van der Waals surface area contributed by atoms with Crippen LogP contribution in [0.25, 0.3) is 0 Å². The summed E-state index contributed by atoms with van der Waals surface area (Å²) in [5, 5.41) is 0.703. The average Bonchev–Trinajstić information content (AvgIpc) is 3.30. The molecule has 166 valence electrons. The second kappa shape index (κ2) is 10.6. The first kappa shape index (κ1) is 22.2. The average molecular weight is 452 g/mol. The van der Waals surface area contributed by atoms with E-state index in [9.17, 15) is 4.79 Å². The molecule has 4 rings (SSSR count). The lowest BCUT2D eigenvalue weighted by molar-refractivity contribution is 0.0732. The summed E-state index contributed by atoms with van der Waals surface area (Å²) in [7, 11) is 1.63. The van der Waals surface area contributed by atoms with E-state index in [1.54, 1.807) is 31.6 Å². The zero-order chi connectivity index (χ0) is 22.3. The van der Waals surface area contributed by atoms with Gasteiger partial charge in [0.05, 0.1) is 30.2 Å². The number of carbonyl (C=O) groups excluding carboxylic acids is 1. The maximum Gasteiger partial charge on any atom is 0.254 e. The zero-order valence-electron chi connectivity index (χ0n) is 18.0. The van der Waals surface area contributed by atoms with E-state index in [2.05, 4.69) is 4.98 Å². The molecule has 0 unspecified atom stereocenters. The number of benzene rings is 2. The predicted octanol–water partition coefficient (Wildman–Crippen LogP) is 4.72. The molecule has 1 aromatic heterocycles. The molecular formula is C25H26ClN3O3. The number of hydrogen-bond acceptors (Lipinski definition) is 5. The lowest BCUT2D eigenvalue weighted by Gasteiger charge is -2.24. The number of amides is 1. The highest BCUT2D eigenvalue weighted by atomic mass is 35.5. The molecule has 0 bridgehead atoms. The van der Waals surface area contributed by atoms with E-state index in [0.29, 0.717) is 36.8 Å². The van der Waals surface area contributed by atoms with Gasteiger partial charge in [0.15, 0.2) is 0 Å². The molecule has 32 heavy (non-hydrogen) atoms. The van der Waals surface area contributed by atoms with Gasteiger partial charge in [0, 0.05) is 36.9 Å². The number of ether oxygens (including phenoxy) is 2. The lowest BCUT2D eigenvalue weighted by Crippen LogP contribution is -2.31. The van der Waals surface area contributed by atoms with E-state index < -0.39 is 0 Å². The number of carbonyl (C=O) groups is 1. The van der Waals surface area contributed by atoms with Gasteiger partial charge in [0.1, 0.15) is 12.4 Å². The second-order valence-corrected chi connectivity index (χ2v) is 8.20. The van der Waals surface area contributed by atoms with Gasteiger partial charge in [-0.15, -0.1) is 0 Å². The van der Waals surface area contributed by atoms with Crippen LogP contribution in [0.1, 0.15) is 46.2 Å². The fraction of sp³-hybridized carbons (Fsp3) is 0.320. The number of rotatable bonds is 8. The van der Waals surface area contributed by atoms with Crippen LogP contribution in [0.5, 0.6) is 5.75 Å². The molecule has 1 amide bonds. The van der Waals surface area contributed by atoms with Crippen molar-refractivity contribution in [3.63, 3.8) is 0 Å². The van der Waals surface area contributed by atoms with Crippen LogP contribution < -0.4 is 4.74 Å². The number of nitrogens with zero attached hydrogens (tertiary/aromatic N) is 3. The Labute approximate surface area is 193 Å². The van der Waals surface area contributed by atoms with Gasteiger partial charge < -0.3 is 14.4 Å². The molecule has 1 saturated heterocycles. The van der Waals surface area contributed by atoms with Gasteiger partial charge in [-0.1, -0.05) is 23.7 Å². The highest BCUT2D eigenvalue weighted by Crippen LogP contribution is 2.32. The fourth-order valence-corrected chi connectivity index (χ4v) is 4.16. The van der Waals surface area contributed by atoms with Crippen molar-refractivity contribution in [2.24, 2.45) is 0 Å². The van der Waals surface area contributed by atoms with Crippen LogP contribution in [0.4, 0.5) is 0 Å². The molecule has 0 N–H and O–H groups in total. The third-order valence-electron chi connectivity index (χ3n) is 5.49. The van der Waals surface area contributed by atoms with Crippen molar-refractivity contribution in [3.8, 4) is 5.75 Å². The molecule has 1 aliphatic heterocycles. The molecule has 2 heterocycles. The van der Waals surface area contributed by atoms with Crippen molar-refractivity contribution in [2.75, 3.05) is 26.9 Å². The van der Waals surface area contributed by atoms with Gasteiger partial charge in [-0.25, -0.2) is 0 Å². The Balaban J connectivity index is 1.47. The number of aromatic nitrogens is 2. The normalized spacial score (nSPS) is 15.7. The summed E-state index contributed by atoms with van der Waals surface area (Å²) in [5.41, 5.74) is 3.41. The summed E-state index contributed by atoms with van der Waals surface area (Å²) >= 11 is 6.11. The van der Waals surface area contributed by atoms with E-state index in [-0.39, 0.29) is 11.9 Å². The first-order valence-corrected chi connectivity index (χ1v) is 11.1. The Bertz CT molecular complexity index is 1060. The van der Waals surface area contributed by atoms with Crippen LogP contribution in [-0.4, -0.2) is 47.6 Å². The summed E-state index contributed by atoms with van der Waals surface area (Å²) in [6.45, 7) is 1.70. The molecule has 1 atom stereocenters. The molecule has 2 aromatic carbocycles. The standard InChI is InChI=1S/C25H26ClN3O3/c1-31-12-13-32-22-9-7-19(8-10-22)25(30)29-11-3-6-24(29)23-17-27-16-21(28-23)15-18-4-2-5-20(26)14-18/h2,4-5,7-10,14,16-17,24H,3,6,11-13,15H2,1H3/t24-/m0/s1. The van der Waals surface area contributed by atoms with Crippen molar-refractivity contribution >= 4 is 17.5 Å². The predicted molar refractivity (Wildman–Crippen MR) is 123 cm³/mol. The second-order valence-electron chi connectivity index (χ2n) is 7.76. The molecular weight excluding hydrogens is 426 g/mol. The fourth-order valence-electron chi connectivity index (χ4n) is 3.94. The number of likely N-dealkylation sites (tertiary alicyclic amines) is 1. The van der Waals surface area contributed by atoms with E-state index in [0.717, 1.165) is 35.5 Å². The Hall–Kier alpha value is -2.96. The zero-order valence-corrected chi connectivity index (χ0v) is 18.8. The number of halogens is 1. The largest absolute Gasteiger partial charge is 0.491 e. The van der Waals surface area contributed by atoms with E-state index in [1.807, 2.05) is 41.3 Å². The first-order valence-electron chi connectivity index (χ1n) is 10.7. The highest BCUT2D eigenvalue weighted by Gasteiger charge is 2.32. The van der Waals surface area contributed by atoms with Gasteiger partial charge in [0.2, 0.25) is 0 Å². The van der Waals surface area contributed by atoms with Crippen molar-refractivity contribution < 1.29 is 14.3 Å². The summed E-state index contributed by atoms with van der Waals surface area (Å²) in [4.78, 5) is 24.3. The smallest absolute Gasteiger partial charge is 0.254 e. The highest BCUT2D eigenvalue weighted by molar-refractivity contribution is 6.30. The van der Waals surface area contributed by atoms with Gasteiger partial charge in [0.25, 0.3) is 5.91 Å². The Morgan fingerprint density at radius 2 is 2.00 bits per heavy atom. The topological polar surface area (TPSA) is 64.6 Å². The van der Waals surface area contributed by atoms with E-state index in [4.69, 9.17) is 26.1 Å². The summed E-state index contributed by atoms with van der Waals surface area (Å²) in [6, 6.07) is 14.9. The van der Waals surface area contributed by atoms with Crippen molar-refractivity contribution in [3.05, 3.63) is 88.5 Å². The maximum absolute atomic E-state index is 13.2. The quantitative estimate of drug-likeness (QED) is 0.463. The molecule has 0 radical (unpaired) electrons. The third-order valence-corrected chi connectivity index (χ3v) is 5.72. The molecule has 3 aromatic rings. The molecule has 0 saturated carbocycles. The SMILES string of the molecule is COCCOc1ccc(C(=O)N2CCC[C@H]2c2cncc(Cc3cccc(Cl)c3)n2)cc1. The summed E-state index contributed by atoms with van der Waals surface area (Å²) < 4.78 is 10.6. The van der Waals surface area contributed by atoms with Crippen LogP contribution in [0, 0.1) is 0 Å². The van der Waals surface area contributed by atoms with Gasteiger partial charge >= 0.3 is 0 Å². The van der Waals surface area contributed by atoms with Gasteiger partial charge in [-0.2, -0.15) is 0 Å². The van der Waals surface area contributed by atoms with Crippen molar-refractivity contribution in [1.82, 2.24) is 14.9 Å². The molecule has 1 aliphatic rings. The Kier molecular flexibility index (Phi) is 7.35. The summed E-state index contributed by atoms with van der Waals surface area (Å²) in [5.74, 6) is 0.717. The molecule has 0 spiro atoms. The van der Waals surface area contributed by atoms with Crippen LogP contribution >= 0.6 is 11.6 Å². The molecule has 6 nitrogen and oxygen atoms in total.